The number of ether oxygens (including phenoxy) is 1. The summed E-state index contributed by atoms with van der Waals surface area (Å²) >= 11 is 0. The van der Waals surface area contributed by atoms with Crippen molar-refractivity contribution in [2.75, 3.05) is 25.0 Å². The van der Waals surface area contributed by atoms with Crippen LogP contribution >= 0.6 is 0 Å². The number of hydrogen-bond acceptors (Lipinski definition) is 7. The Morgan fingerprint density at radius 3 is 2.63 bits per heavy atom. The van der Waals surface area contributed by atoms with E-state index < -0.39 is 29.3 Å². The summed E-state index contributed by atoms with van der Waals surface area (Å²) in [5.41, 5.74) is 0.785. The van der Waals surface area contributed by atoms with Crippen molar-refractivity contribution in [1.82, 2.24) is 4.90 Å². The lowest BCUT2D eigenvalue weighted by atomic mass is 9.97. The van der Waals surface area contributed by atoms with Gasteiger partial charge in [0.15, 0.2) is 12.4 Å². The Kier molecular flexibility index (Phi) is 6.45. The van der Waals surface area contributed by atoms with E-state index in [1.165, 1.54) is 24.5 Å². The first kappa shape index (κ1) is 21.0. The quantitative estimate of drug-likeness (QED) is 0.435. The maximum absolute atomic E-state index is 12.3. The number of nitro groups is 1. The van der Waals surface area contributed by atoms with Crippen LogP contribution < -0.4 is 5.32 Å². The predicted octanol–water partition coefficient (Wildman–Crippen LogP) is 2.53. The fourth-order valence-corrected chi connectivity index (χ4v) is 3.17. The van der Waals surface area contributed by atoms with Crippen LogP contribution in [0, 0.1) is 23.0 Å². The average molecular weight is 415 g/mol. The van der Waals surface area contributed by atoms with Gasteiger partial charge in [0.05, 0.1) is 22.8 Å². The number of hydrogen-bond donors (Lipinski definition) is 1. The molecule has 2 amide bonds. The van der Waals surface area contributed by atoms with Gasteiger partial charge in [0.25, 0.3) is 17.5 Å². The molecule has 1 fully saturated rings. The molecule has 1 aliphatic rings. The number of anilines is 1. The highest BCUT2D eigenvalue weighted by molar-refractivity contribution is 5.94. The van der Waals surface area contributed by atoms with Crippen molar-refractivity contribution in [1.29, 1.82) is 0 Å². The third kappa shape index (κ3) is 5.02. The standard InChI is InChI=1S/C20H21N3O7/c1-13-4-5-15(23(27)28)11-16(13)21-18(24)12-30-20(26)14-6-8-22(9-7-14)19(25)17-3-2-10-29-17/h2-5,10-11,14H,6-9,12H2,1H3,(H,21,24). The lowest BCUT2D eigenvalue weighted by Gasteiger charge is -2.30. The van der Waals surface area contributed by atoms with E-state index >= 15 is 0 Å². The zero-order valence-electron chi connectivity index (χ0n) is 16.3. The highest BCUT2D eigenvalue weighted by atomic mass is 16.6. The van der Waals surface area contributed by atoms with Gasteiger partial charge in [-0.05, 0) is 37.5 Å². The van der Waals surface area contributed by atoms with Crippen molar-refractivity contribution in [3.8, 4) is 0 Å². The molecule has 0 aliphatic carbocycles. The topological polar surface area (TPSA) is 132 Å². The van der Waals surface area contributed by atoms with E-state index in [-0.39, 0.29) is 23.0 Å². The summed E-state index contributed by atoms with van der Waals surface area (Å²) in [6.45, 7) is 1.98. The number of carbonyl (C=O) groups excluding carboxylic acids is 3. The maximum Gasteiger partial charge on any atom is 0.309 e. The molecule has 0 saturated carbocycles. The van der Waals surface area contributed by atoms with E-state index in [9.17, 15) is 24.5 Å². The van der Waals surface area contributed by atoms with Crippen molar-refractivity contribution in [2.24, 2.45) is 5.92 Å². The molecule has 0 unspecified atom stereocenters. The fourth-order valence-electron chi connectivity index (χ4n) is 3.17. The fraction of sp³-hybridized carbons (Fsp3) is 0.350. The Bertz CT molecular complexity index is 947. The number of piperidine rings is 1. The number of furan rings is 1. The molecule has 3 rings (SSSR count). The Morgan fingerprint density at radius 2 is 2.00 bits per heavy atom. The van der Waals surface area contributed by atoms with Crippen LogP contribution in [-0.2, 0) is 14.3 Å². The summed E-state index contributed by atoms with van der Waals surface area (Å²) in [5.74, 6) is -1.47. The number of benzene rings is 1. The van der Waals surface area contributed by atoms with Crippen LogP contribution in [-0.4, -0.2) is 47.3 Å². The molecule has 30 heavy (non-hydrogen) atoms. The molecule has 0 atom stereocenters. The van der Waals surface area contributed by atoms with E-state index in [2.05, 4.69) is 5.32 Å². The molecule has 10 nitrogen and oxygen atoms in total. The lowest BCUT2D eigenvalue weighted by molar-refractivity contribution is -0.384. The van der Waals surface area contributed by atoms with Crippen LogP contribution in [0.25, 0.3) is 0 Å². The van der Waals surface area contributed by atoms with Crippen LogP contribution in [0.3, 0.4) is 0 Å². The van der Waals surface area contributed by atoms with Gasteiger partial charge in [-0.25, -0.2) is 0 Å². The highest BCUT2D eigenvalue weighted by Crippen LogP contribution is 2.23. The summed E-state index contributed by atoms with van der Waals surface area (Å²) in [6, 6.07) is 7.34. The van der Waals surface area contributed by atoms with E-state index in [0.717, 1.165) is 0 Å². The molecule has 2 heterocycles. The minimum absolute atomic E-state index is 0.149. The first-order valence-electron chi connectivity index (χ1n) is 9.39. The van der Waals surface area contributed by atoms with Crippen LogP contribution in [0.1, 0.15) is 29.0 Å². The molecule has 0 bridgehead atoms. The van der Waals surface area contributed by atoms with Crippen molar-refractivity contribution in [3.05, 3.63) is 58.0 Å². The van der Waals surface area contributed by atoms with Gasteiger partial charge < -0.3 is 19.4 Å². The summed E-state index contributed by atoms with van der Waals surface area (Å²) < 4.78 is 10.2. The number of nitro benzene ring substituents is 1. The van der Waals surface area contributed by atoms with Crippen molar-refractivity contribution in [2.45, 2.75) is 19.8 Å². The minimum atomic E-state index is -0.586. The van der Waals surface area contributed by atoms with Crippen molar-refractivity contribution >= 4 is 29.2 Å². The molecule has 1 aromatic heterocycles. The second-order valence-electron chi connectivity index (χ2n) is 6.96. The van der Waals surface area contributed by atoms with Gasteiger partial charge in [0, 0.05) is 25.2 Å². The Labute approximate surface area is 171 Å². The zero-order chi connectivity index (χ0) is 21.7. The summed E-state index contributed by atoms with van der Waals surface area (Å²) in [7, 11) is 0. The van der Waals surface area contributed by atoms with Crippen LogP contribution in [0.15, 0.2) is 41.0 Å². The van der Waals surface area contributed by atoms with Crippen LogP contribution in [0.5, 0.6) is 0 Å². The molecule has 158 valence electrons. The highest BCUT2D eigenvalue weighted by Gasteiger charge is 2.30. The lowest BCUT2D eigenvalue weighted by Crippen LogP contribution is -2.40. The SMILES string of the molecule is Cc1ccc([N+](=O)[O-])cc1NC(=O)COC(=O)C1CCN(C(=O)c2ccco2)CC1. The molecule has 1 saturated heterocycles. The minimum Gasteiger partial charge on any atom is -0.459 e. The summed E-state index contributed by atoms with van der Waals surface area (Å²) in [5, 5.41) is 13.4. The Morgan fingerprint density at radius 1 is 1.27 bits per heavy atom. The molecule has 2 aromatic rings. The van der Waals surface area contributed by atoms with E-state index in [4.69, 9.17) is 9.15 Å². The smallest absolute Gasteiger partial charge is 0.309 e. The number of nitrogens with one attached hydrogen (secondary N) is 1. The van der Waals surface area contributed by atoms with E-state index in [1.54, 1.807) is 24.0 Å². The van der Waals surface area contributed by atoms with Crippen molar-refractivity contribution in [3.63, 3.8) is 0 Å². The monoisotopic (exact) mass is 415 g/mol. The Balaban J connectivity index is 1.46. The average Bonchev–Trinajstić information content (AvgIpc) is 3.28. The van der Waals surface area contributed by atoms with Crippen molar-refractivity contribution < 1.29 is 28.5 Å². The number of nitrogens with zero attached hydrogens (tertiary/aromatic N) is 2. The molecular formula is C20H21N3O7. The summed E-state index contributed by atoms with van der Waals surface area (Å²) in [6.07, 6.45) is 2.28. The molecule has 0 spiro atoms. The zero-order valence-corrected chi connectivity index (χ0v) is 16.3. The van der Waals surface area contributed by atoms with E-state index in [0.29, 0.717) is 31.5 Å². The number of esters is 1. The number of aryl methyl sites for hydroxylation is 1. The van der Waals surface area contributed by atoms with Gasteiger partial charge in [-0.3, -0.25) is 24.5 Å². The molecule has 1 aromatic carbocycles. The number of carbonyl (C=O) groups is 3. The molecule has 10 heteroatoms. The molecule has 0 radical (unpaired) electrons. The van der Waals surface area contributed by atoms with Gasteiger partial charge in [0.2, 0.25) is 0 Å². The first-order chi connectivity index (χ1) is 14.3. The predicted molar refractivity (Wildman–Crippen MR) is 105 cm³/mol. The van der Waals surface area contributed by atoms with Gasteiger partial charge in [-0.15, -0.1) is 0 Å². The van der Waals surface area contributed by atoms with Gasteiger partial charge >= 0.3 is 5.97 Å². The second kappa shape index (κ2) is 9.21. The number of non-ortho nitro benzene ring substituents is 1. The largest absolute Gasteiger partial charge is 0.459 e. The van der Waals surface area contributed by atoms with Crippen LogP contribution in [0.2, 0.25) is 0 Å². The first-order valence-corrected chi connectivity index (χ1v) is 9.39. The van der Waals surface area contributed by atoms with Gasteiger partial charge in [0.1, 0.15) is 0 Å². The Hall–Kier alpha value is -3.69. The maximum atomic E-state index is 12.3. The van der Waals surface area contributed by atoms with E-state index in [1.807, 2.05) is 0 Å². The summed E-state index contributed by atoms with van der Waals surface area (Å²) in [4.78, 5) is 48.5. The second-order valence-corrected chi connectivity index (χ2v) is 6.96. The molecule has 1 aliphatic heterocycles. The van der Waals surface area contributed by atoms with Gasteiger partial charge in [-0.2, -0.15) is 0 Å². The molecule has 1 N–H and O–H groups in total. The number of amides is 2. The normalized spacial score (nSPS) is 14.2. The third-order valence-corrected chi connectivity index (χ3v) is 4.90. The number of rotatable bonds is 6. The molecular weight excluding hydrogens is 394 g/mol. The number of likely N-dealkylation sites (tertiary alicyclic amines) is 1. The van der Waals surface area contributed by atoms with Gasteiger partial charge in [-0.1, -0.05) is 6.07 Å². The van der Waals surface area contributed by atoms with Crippen LogP contribution in [0.4, 0.5) is 11.4 Å². The third-order valence-electron chi connectivity index (χ3n) is 4.90.